The Morgan fingerprint density at radius 1 is 1.19 bits per heavy atom. The van der Waals surface area contributed by atoms with E-state index in [0.717, 1.165) is 66.8 Å². The highest BCUT2D eigenvalue weighted by atomic mass is 19.1. The standard InChI is InChI=1S/C28H36FN3O4/c1-19(30-20(2)33)18-32-26-8-6-24(36-14-4-11-31-12-9-23(34)10-13-31)15-22(26)16-27(32)21-5-7-25(29)28(17-21)35-3/h5-8,15-17,19,23,34H,4,9-14,18H2,1-3H3,(H,30,33). The van der Waals surface area contributed by atoms with Gasteiger partial charge in [0.2, 0.25) is 5.91 Å². The molecule has 3 aromatic rings. The van der Waals surface area contributed by atoms with E-state index in [1.54, 1.807) is 12.1 Å². The average Bonchev–Trinajstić information content (AvgIpc) is 3.20. The summed E-state index contributed by atoms with van der Waals surface area (Å²) in [6.07, 6.45) is 2.46. The zero-order valence-electron chi connectivity index (χ0n) is 21.3. The number of nitrogens with one attached hydrogen (secondary N) is 1. The molecule has 2 heterocycles. The number of carbonyl (C=O) groups is 1. The van der Waals surface area contributed by atoms with Gasteiger partial charge in [-0.15, -0.1) is 0 Å². The Morgan fingerprint density at radius 3 is 2.69 bits per heavy atom. The molecule has 1 atom stereocenters. The number of carbonyl (C=O) groups excluding carboxylic acids is 1. The van der Waals surface area contributed by atoms with E-state index < -0.39 is 5.82 Å². The number of rotatable bonds is 10. The van der Waals surface area contributed by atoms with E-state index in [1.165, 1.54) is 20.1 Å². The molecule has 0 radical (unpaired) electrons. The zero-order valence-corrected chi connectivity index (χ0v) is 21.3. The molecule has 1 aromatic heterocycles. The summed E-state index contributed by atoms with van der Waals surface area (Å²) in [5.74, 6) is 0.491. The smallest absolute Gasteiger partial charge is 0.217 e. The Balaban J connectivity index is 1.53. The predicted molar refractivity (Wildman–Crippen MR) is 139 cm³/mol. The molecule has 0 aliphatic carbocycles. The summed E-state index contributed by atoms with van der Waals surface area (Å²) in [6.45, 7) is 7.48. The first kappa shape index (κ1) is 26.0. The number of fused-ring (bicyclic) bond motifs is 1. The number of aliphatic hydroxyl groups excluding tert-OH is 1. The zero-order chi connectivity index (χ0) is 25.7. The van der Waals surface area contributed by atoms with Crippen molar-refractivity contribution in [2.45, 2.75) is 51.8 Å². The van der Waals surface area contributed by atoms with Gasteiger partial charge in [-0.3, -0.25) is 4.79 Å². The molecule has 1 amide bonds. The van der Waals surface area contributed by atoms with Gasteiger partial charge in [0.15, 0.2) is 11.6 Å². The fraction of sp³-hybridized carbons (Fsp3) is 0.464. The molecule has 1 fully saturated rings. The molecule has 36 heavy (non-hydrogen) atoms. The summed E-state index contributed by atoms with van der Waals surface area (Å²) in [6, 6.07) is 12.8. The largest absolute Gasteiger partial charge is 0.494 e. The molecule has 0 saturated carbocycles. The third-order valence-corrected chi connectivity index (χ3v) is 6.67. The van der Waals surface area contributed by atoms with Crippen molar-refractivity contribution < 1.29 is 23.8 Å². The predicted octanol–water partition coefficient (Wildman–Crippen LogP) is 4.21. The van der Waals surface area contributed by atoms with Gasteiger partial charge < -0.3 is 29.4 Å². The summed E-state index contributed by atoms with van der Waals surface area (Å²) in [5.41, 5.74) is 2.74. The highest BCUT2D eigenvalue weighted by molar-refractivity contribution is 5.88. The number of ether oxygens (including phenoxy) is 2. The van der Waals surface area contributed by atoms with E-state index in [9.17, 15) is 14.3 Å². The van der Waals surface area contributed by atoms with E-state index >= 15 is 0 Å². The molecule has 2 aromatic carbocycles. The normalized spacial score (nSPS) is 15.7. The van der Waals surface area contributed by atoms with Crippen LogP contribution in [0.4, 0.5) is 4.39 Å². The Bertz CT molecular complexity index is 1190. The van der Waals surface area contributed by atoms with Crippen molar-refractivity contribution in [2.24, 2.45) is 0 Å². The third-order valence-electron chi connectivity index (χ3n) is 6.67. The van der Waals surface area contributed by atoms with Crippen LogP contribution < -0.4 is 14.8 Å². The van der Waals surface area contributed by atoms with E-state index in [4.69, 9.17) is 9.47 Å². The number of hydrogen-bond acceptors (Lipinski definition) is 5. The highest BCUT2D eigenvalue weighted by Crippen LogP contribution is 2.33. The number of aromatic nitrogens is 1. The number of halogens is 1. The van der Waals surface area contributed by atoms with Crippen LogP contribution in [0, 0.1) is 5.82 Å². The number of methoxy groups -OCH3 is 1. The number of hydrogen-bond donors (Lipinski definition) is 2. The van der Waals surface area contributed by atoms with E-state index in [2.05, 4.69) is 20.9 Å². The molecule has 0 bridgehead atoms. The maximum atomic E-state index is 14.1. The van der Waals surface area contributed by atoms with Crippen LogP contribution in [0.25, 0.3) is 22.2 Å². The van der Waals surface area contributed by atoms with E-state index in [-0.39, 0.29) is 23.8 Å². The minimum atomic E-state index is -0.410. The second-order valence-electron chi connectivity index (χ2n) is 9.59. The molecular formula is C28H36FN3O4. The van der Waals surface area contributed by atoms with E-state index in [1.807, 2.05) is 25.1 Å². The monoisotopic (exact) mass is 497 g/mol. The minimum absolute atomic E-state index is 0.0830. The lowest BCUT2D eigenvalue weighted by molar-refractivity contribution is -0.119. The quantitative estimate of drug-likeness (QED) is 0.411. The molecule has 1 aliphatic rings. The lowest BCUT2D eigenvalue weighted by Crippen LogP contribution is -2.36. The van der Waals surface area contributed by atoms with Crippen molar-refractivity contribution in [3.63, 3.8) is 0 Å². The Hall–Kier alpha value is -3.10. The number of aliphatic hydroxyl groups is 1. The van der Waals surface area contributed by atoms with Gasteiger partial charge in [0.1, 0.15) is 5.75 Å². The Morgan fingerprint density at radius 2 is 1.97 bits per heavy atom. The van der Waals surface area contributed by atoms with Crippen LogP contribution in [-0.4, -0.2) is 66.0 Å². The number of nitrogens with zero attached hydrogens (tertiary/aromatic N) is 2. The number of benzene rings is 2. The molecule has 1 unspecified atom stereocenters. The maximum Gasteiger partial charge on any atom is 0.217 e. The molecule has 8 heteroatoms. The first-order valence-electron chi connectivity index (χ1n) is 12.6. The van der Waals surface area contributed by atoms with Crippen molar-refractivity contribution in [3.8, 4) is 22.8 Å². The molecule has 1 saturated heterocycles. The molecule has 4 rings (SSSR count). The third kappa shape index (κ3) is 6.36. The molecule has 1 aliphatic heterocycles. The molecular weight excluding hydrogens is 461 g/mol. The Kier molecular flexibility index (Phi) is 8.48. The molecule has 7 nitrogen and oxygen atoms in total. The van der Waals surface area contributed by atoms with Gasteiger partial charge in [0.05, 0.1) is 19.8 Å². The first-order valence-corrected chi connectivity index (χ1v) is 12.6. The van der Waals surface area contributed by atoms with Gasteiger partial charge in [-0.2, -0.15) is 0 Å². The summed E-state index contributed by atoms with van der Waals surface area (Å²) >= 11 is 0. The van der Waals surface area contributed by atoms with Crippen LogP contribution in [0.3, 0.4) is 0 Å². The van der Waals surface area contributed by atoms with Crippen LogP contribution in [0.2, 0.25) is 0 Å². The topological polar surface area (TPSA) is 76.0 Å². The number of likely N-dealkylation sites (tertiary alicyclic amines) is 1. The van der Waals surface area contributed by atoms with Crippen molar-refractivity contribution in [1.82, 2.24) is 14.8 Å². The minimum Gasteiger partial charge on any atom is -0.494 e. The van der Waals surface area contributed by atoms with Crippen LogP contribution in [0.5, 0.6) is 11.5 Å². The Labute approximate surface area is 211 Å². The summed E-state index contributed by atoms with van der Waals surface area (Å²) in [7, 11) is 1.45. The summed E-state index contributed by atoms with van der Waals surface area (Å²) < 4.78 is 27.5. The van der Waals surface area contributed by atoms with Crippen molar-refractivity contribution in [3.05, 3.63) is 48.3 Å². The summed E-state index contributed by atoms with van der Waals surface area (Å²) in [4.78, 5) is 14.0. The van der Waals surface area contributed by atoms with Crippen LogP contribution in [0.15, 0.2) is 42.5 Å². The van der Waals surface area contributed by atoms with Crippen molar-refractivity contribution in [2.75, 3.05) is 33.4 Å². The molecule has 194 valence electrons. The van der Waals surface area contributed by atoms with Crippen molar-refractivity contribution in [1.29, 1.82) is 0 Å². The van der Waals surface area contributed by atoms with Crippen LogP contribution in [0.1, 0.15) is 33.1 Å². The van der Waals surface area contributed by atoms with Gasteiger partial charge >= 0.3 is 0 Å². The lowest BCUT2D eigenvalue weighted by Gasteiger charge is -2.29. The van der Waals surface area contributed by atoms with Crippen molar-refractivity contribution >= 4 is 16.8 Å². The fourth-order valence-corrected chi connectivity index (χ4v) is 4.88. The van der Waals surface area contributed by atoms with Gasteiger partial charge in [-0.1, -0.05) is 0 Å². The SMILES string of the molecule is COc1cc(-c2cc3cc(OCCCN4CCC(O)CC4)ccc3n2CC(C)NC(C)=O)ccc1F. The van der Waals surface area contributed by atoms with Gasteiger partial charge in [0, 0.05) is 61.3 Å². The fourth-order valence-electron chi connectivity index (χ4n) is 4.88. The summed E-state index contributed by atoms with van der Waals surface area (Å²) in [5, 5.41) is 13.6. The molecule has 2 N–H and O–H groups in total. The second-order valence-corrected chi connectivity index (χ2v) is 9.59. The molecule has 0 spiro atoms. The first-order chi connectivity index (χ1) is 17.3. The number of amides is 1. The highest BCUT2D eigenvalue weighted by Gasteiger charge is 2.18. The lowest BCUT2D eigenvalue weighted by atomic mass is 10.1. The second kappa shape index (κ2) is 11.8. The average molecular weight is 498 g/mol. The van der Waals surface area contributed by atoms with Crippen LogP contribution >= 0.6 is 0 Å². The van der Waals surface area contributed by atoms with Gasteiger partial charge in [-0.05, 0) is 68.7 Å². The van der Waals surface area contributed by atoms with Gasteiger partial charge in [-0.25, -0.2) is 4.39 Å². The van der Waals surface area contributed by atoms with Gasteiger partial charge in [0.25, 0.3) is 0 Å². The van der Waals surface area contributed by atoms with E-state index in [0.29, 0.717) is 13.2 Å². The van der Waals surface area contributed by atoms with Crippen LogP contribution in [-0.2, 0) is 11.3 Å². The number of piperidine rings is 1. The maximum absolute atomic E-state index is 14.1.